The predicted molar refractivity (Wildman–Crippen MR) is 68.7 cm³/mol. The molecule has 0 saturated carbocycles. The molecule has 4 N–H and O–H groups in total. The van der Waals surface area contributed by atoms with Crippen molar-refractivity contribution in [2.45, 2.75) is 25.7 Å². The molecule has 1 aromatic heterocycles. The van der Waals surface area contributed by atoms with E-state index in [1.165, 1.54) is 0 Å². The predicted octanol–water partition coefficient (Wildman–Crippen LogP) is 0.321. The van der Waals surface area contributed by atoms with Crippen LogP contribution in [-0.2, 0) is 10.0 Å². The van der Waals surface area contributed by atoms with E-state index in [4.69, 9.17) is 5.73 Å². The zero-order valence-electron chi connectivity index (χ0n) is 10.1. The van der Waals surface area contributed by atoms with Crippen molar-refractivity contribution in [3.8, 4) is 0 Å². The van der Waals surface area contributed by atoms with E-state index in [0.717, 1.165) is 0 Å². The number of aryl methyl sites for hydroxylation is 2. The summed E-state index contributed by atoms with van der Waals surface area (Å²) in [4.78, 5) is 0.233. The number of aromatic nitrogens is 2. The van der Waals surface area contributed by atoms with Crippen LogP contribution >= 0.6 is 12.4 Å². The molecule has 1 unspecified atom stereocenters. The minimum atomic E-state index is -3.48. The number of rotatable bonds is 5. The molecule has 1 rings (SSSR count). The van der Waals surface area contributed by atoms with Gasteiger partial charge < -0.3 is 5.73 Å². The fourth-order valence-electron chi connectivity index (χ4n) is 1.34. The summed E-state index contributed by atoms with van der Waals surface area (Å²) in [5.74, 6) is 0.113. The lowest BCUT2D eigenvalue weighted by molar-refractivity contribution is 0.544. The van der Waals surface area contributed by atoms with Gasteiger partial charge in [0.05, 0.1) is 11.4 Å². The highest BCUT2D eigenvalue weighted by Crippen LogP contribution is 2.16. The number of halogens is 1. The van der Waals surface area contributed by atoms with Gasteiger partial charge in [0.25, 0.3) is 0 Å². The Morgan fingerprint density at radius 2 is 2.06 bits per heavy atom. The van der Waals surface area contributed by atoms with Gasteiger partial charge >= 0.3 is 0 Å². The normalized spacial score (nSPS) is 13.2. The minimum absolute atomic E-state index is 0. The van der Waals surface area contributed by atoms with Crippen molar-refractivity contribution in [3.63, 3.8) is 0 Å². The van der Waals surface area contributed by atoms with Gasteiger partial charge in [-0.05, 0) is 26.3 Å². The number of sulfonamides is 1. The molecule has 0 fully saturated rings. The molecule has 8 heteroatoms. The average Bonchev–Trinajstić information content (AvgIpc) is 2.55. The van der Waals surface area contributed by atoms with Gasteiger partial charge in [-0.15, -0.1) is 12.4 Å². The molecular weight excluding hydrogens is 264 g/mol. The Bertz CT molecular complexity index is 438. The van der Waals surface area contributed by atoms with Crippen molar-refractivity contribution in [1.29, 1.82) is 0 Å². The molecule has 6 nitrogen and oxygen atoms in total. The molecule has 1 heterocycles. The molecule has 1 atom stereocenters. The molecule has 0 amide bonds. The minimum Gasteiger partial charge on any atom is -0.330 e. The number of nitrogens with zero attached hydrogens (tertiary/aromatic N) is 1. The third-order valence-corrected chi connectivity index (χ3v) is 4.04. The molecule has 1 aromatic rings. The third-order valence-electron chi connectivity index (χ3n) is 2.35. The van der Waals surface area contributed by atoms with Crippen molar-refractivity contribution >= 4 is 22.4 Å². The molecule has 0 saturated heterocycles. The van der Waals surface area contributed by atoms with Gasteiger partial charge in [0.1, 0.15) is 4.90 Å². The lowest BCUT2D eigenvalue weighted by Gasteiger charge is -2.10. The van der Waals surface area contributed by atoms with E-state index >= 15 is 0 Å². The summed E-state index contributed by atoms with van der Waals surface area (Å²) < 4.78 is 26.4. The van der Waals surface area contributed by atoms with Crippen molar-refractivity contribution in [1.82, 2.24) is 14.9 Å². The van der Waals surface area contributed by atoms with Gasteiger partial charge in [0, 0.05) is 6.54 Å². The second kappa shape index (κ2) is 6.34. The molecular formula is C9H19ClN4O2S. The number of nitrogens with two attached hydrogens (primary N) is 1. The zero-order valence-corrected chi connectivity index (χ0v) is 11.8. The molecule has 0 aliphatic rings. The maximum Gasteiger partial charge on any atom is 0.244 e. The van der Waals surface area contributed by atoms with Gasteiger partial charge in [-0.3, -0.25) is 5.10 Å². The SMILES string of the molecule is Cc1n[nH]c(C)c1S(=O)(=O)NCC(C)CN.Cl. The summed E-state index contributed by atoms with van der Waals surface area (Å²) in [6.07, 6.45) is 0. The van der Waals surface area contributed by atoms with Crippen molar-refractivity contribution < 1.29 is 8.42 Å². The molecule has 0 spiro atoms. The summed E-state index contributed by atoms with van der Waals surface area (Å²) in [7, 11) is -3.48. The van der Waals surface area contributed by atoms with Crippen LogP contribution in [0.3, 0.4) is 0 Å². The van der Waals surface area contributed by atoms with Crippen LogP contribution in [0.15, 0.2) is 4.90 Å². The van der Waals surface area contributed by atoms with Crippen LogP contribution < -0.4 is 10.5 Å². The summed E-state index contributed by atoms with van der Waals surface area (Å²) in [5, 5.41) is 6.51. The summed E-state index contributed by atoms with van der Waals surface area (Å²) in [5.41, 5.74) is 6.45. The highest BCUT2D eigenvalue weighted by Gasteiger charge is 2.22. The number of H-pyrrole nitrogens is 1. The number of nitrogens with one attached hydrogen (secondary N) is 2. The Morgan fingerprint density at radius 1 is 1.47 bits per heavy atom. The first-order valence-electron chi connectivity index (χ1n) is 5.09. The van der Waals surface area contributed by atoms with Crippen LogP contribution in [0.2, 0.25) is 0 Å². The first-order chi connectivity index (χ1) is 7.38. The Balaban J connectivity index is 0.00000256. The monoisotopic (exact) mass is 282 g/mol. The van der Waals surface area contributed by atoms with Gasteiger partial charge in [0.15, 0.2) is 0 Å². The first-order valence-corrected chi connectivity index (χ1v) is 6.58. The number of aromatic amines is 1. The molecule has 0 aromatic carbocycles. The highest BCUT2D eigenvalue weighted by atomic mass is 35.5. The quantitative estimate of drug-likeness (QED) is 0.724. The molecule has 0 bridgehead atoms. The van der Waals surface area contributed by atoms with E-state index < -0.39 is 10.0 Å². The molecule has 0 radical (unpaired) electrons. The maximum atomic E-state index is 11.9. The fourth-order valence-corrected chi connectivity index (χ4v) is 2.88. The van der Waals surface area contributed by atoms with E-state index in [9.17, 15) is 8.42 Å². The van der Waals surface area contributed by atoms with E-state index in [0.29, 0.717) is 24.5 Å². The number of hydrogen-bond acceptors (Lipinski definition) is 4. The standard InChI is InChI=1S/C9H18N4O2S.ClH/c1-6(4-10)5-11-16(14,15)9-7(2)12-13-8(9)3;/h6,11H,4-5,10H2,1-3H3,(H,12,13);1H. The van der Waals surface area contributed by atoms with Crippen molar-refractivity contribution in [3.05, 3.63) is 11.4 Å². The van der Waals surface area contributed by atoms with Gasteiger partial charge in [-0.2, -0.15) is 5.10 Å². The summed E-state index contributed by atoms with van der Waals surface area (Å²) in [6.45, 7) is 6.01. The molecule has 0 aliphatic heterocycles. The largest absolute Gasteiger partial charge is 0.330 e. The number of hydrogen-bond donors (Lipinski definition) is 3. The van der Waals surface area contributed by atoms with Crippen molar-refractivity contribution in [2.75, 3.05) is 13.1 Å². The zero-order chi connectivity index (χ0) is 12.3. The summed E-state index contributed by atoms with van der Waals surface area (Å²) in [6, 6.07) is 0. The Morgan fingerprint density at radius 3 is 2.47 bits per heavy atom. The van der Waals surface area contributed by atoms with Crippen LogP contribution in [0.25, 0.3) is 0 Å². The second-order valence-corrected chi connectivity index (χ2v) is 5.66. The first kappa shape index (κ1) is 16.4. The second-order valence-electron chi connectivity index (χ2n) is 3.96. The maximum absolute atomic E-state index is 11.9. The lowest BCUT2D eigenvalue weighted by atomic mass is 10.2. The Labute approximate surface area is 108 Å². The van der Waals surface area contributed by atoms with Gasteiger partial charge in [0.2, 0.25) is 10.0 Å². The lowest BCUT2D eigenvalue weighted by Crippen LogP contribution is -2.31. The van der Waals surface area contributed by atoms with E-state index in [1.54, 1.807) is 13.8 Å². The van der Waals surface area contributed by atoms with E-state index in [-0.39, 0.29) is 23.2 Å². The van der Waals surface area contributed by atoms with E-state index in [1.807, 2.05) is 6.92 Å². The highest BCUT2D eigenvalue weighted by molar-refractivity contribution is 7.89. The third kappa shape index (κ3) is 3.95. The van der Waals surface area contributed by atoms with Crippen LogP contribution in [-0.4, -0.2) is 31.7 Å². The van der Waals surface area contributed by atoms with Crippen LogP contribution in [0.5, 0.6) is 0 Å². The van der Waals surface area contributed by atoms with E-state index in [2.05, 4.69) is 14.9 Å². The molecule has 100 valence electrons. The molecule has 0 aliphatic carbocycles. The van der Waals surface area contributed by atoms with Gasteiger partial charge in [-0.25, -0.2) is 13.1 Å². The van der Waals surface area contributed by atoms with Gasteiger partial charge in [-0.1, -0.05) is 6.92 Å². The average molecular weight is 283 g/mol. The topological polar surface area (TPSA) is 101 Å². The Hall–Kier alpha value is -0.630. The summed E-state index contributed by atoms with van der Waals surface area (Å²) >= 11 is 0. The van der Waals surface area contributed by atoms with Crippen molar-refractivity contribution in [2.24, 2.45) is 11.7 Å². The molecule has 17 heavy (non-hydrogen) atoms. The van der Waals surface area contributed by atoms with Crippen LogP contribution in [0, 0.1) is 19.8 Å². The Kier molecular flexibility index (Phi) is 6.11. The van der Waals surface area contributed by atoms with Crippen LogP contribution in [0.4, 0.5) is 0 Å². The van der Waals surface area contributed by atoms with Crippen LogP contribution in [0.1, 0.15) is 18.3 Å². The smallest absolute Gasteiger partial charge is 0.244 e. The fraction of sp³-hybridized carbons (Fsp3) is 0.667.